The van der Waals surface area contributed by atoms with Gasteiger partial charge < -0.3 is 19.5 Å². The number of likely N-dealkylation sites (N-methyl/N-ethyl adjacent to an activating group) is 1. The number of pyridine rings is 1. The Morgan fingerprint density at radius 3 is 2.46 bits per heavy atom. The number of imidazole rings is 1. The van der Waals surface area contributed by atoms with Crippen LogP contribution in [-0.2, 0) is 24.4 Å². The maximum Gasteiger partial charge on any atom is 0.416 e. The maximum absolute atomic E-state index is 12.8. The first-order valence-electron chi connectivity index (χ1n) is 10.8. The maximum atomic E-state index is 12.8. The molecule has 0 atom stereocenters. The highest BCUT2D eigenvalue weighted by molar-refractivity contribution is 5.82. The van der Waals surface area contributed by atoms with Crippen LogP contribution in [0, 0.1) is 0 Å². The number of aromatic nitrogens is 3. The minimum Gasteiger partial charge on any atom is -0.457 e. The Kier molecular flexibility index (Phi) is 6.74. The van der Waals surface area contributed by atoms with Gasteiger partial charge in [-0.2, -0.15) is 13.2 Å². The van der Waals surface area contributed by atoms with Gasteiger partial charge in [-0.3, -0.25) is 9.78 Å². The molecule has 182 valence electrons. The summed E-state index contributed by atoms with van der Waals surface area (Å²) >= 11 is 0. The molecule has 2 heterocycles. The number of ether oxygens (including phenoxy) is 1. The van der Waals surface area contributed by atoms with E-state index in [9.17, 15) is 18.0 Å². The summed E-state index contributed by atoms with van der Waals surface area (Å²) in [5.74, 6) is 1.63. The van der Waals surface area contributed by atoms with Crippen molar-refractivity contribution < 1.29 is 22.7 Å². The van der Waals surface area contributed by atoms with E-state index < -0.39 is 11.7 Å². The minimum atomic E-state index is -4.38. The molecule has 0 aliphatic carbocycles. The zero-order valence-corrected chi connectivity index (χ0v) is 19.4. The molecule has 35 heavy (non-hydrogen) atoms. The number of rotatable bonds is 8. The standard InChI is InChI=1S/C25H24F3N5O2/c1-32(2)15-19(34)12-18-13-21(10-11-29-18)35-20-8-9-23-22(14-20)31-24(33(23)3)30-17-6-4-16(5-7-17)25(26,27)28/h4-11,13-14H,12,15H2,1-3H3,(H,30,31). The van der Waals surface area contributed by atoms with Gasteiger partial charge in [-0.15, -0.1) is 0 Å². The summed E-state index contributed by atoms with van der Waals surface area (Å²) in [7, 11) is 5.48. The molecule has 4 aromatic rings. The van der Waals surface area contributed by atoms with Gasteiger partial charge in [-0.1, -0.05) is 0 Å². The Morgan fingerprint density at radius 1 is 1.06 bits per heavy atom. The smallest absolute Gasteiger partial charge is 0.416 e. The predicted octanol–water partition coefficient (Wildman–Crippen LogP) is 5.20. The van der Waals surface area contributed by atoms with E-state index in [0.717, 1.165) is 17.6 Å². The molecule has 0 radical (unpaired) electrons. The Bertz CT molecular complexity index is 1350. The summed E-state index contributed by atoms with van der Waals surface area (Å²) in [6.07, 6.45) is -2.57. The quantitative estimate of drug-likeness (QED) is 0.372. The van der Waals surface area contributed by atoms with Gasteiger partial charge in [0.25, 0.3) is 0 Å². The van der Waals surface area contributed by atoms with E-state index in [1.54, 1.807) is 35.0 Å². The first kappa shape index (κ1) is 24.2. The van der Waals surface area contributed by atoms with Crippen LogP contribution in [-0.4, -0.2) is 45.9 Å². The number of hydrogen-bond acceptors (Lipinski definition) is 6. The second-order valence-electron chi connectivity index (χ2n) is 8.38. The number of aryl methyl sites for hydroxylation is 1. The number of nitrogens with one attached hydrogen (secondary N) is 1. The third-order valence-corrected chi connectivity index (χ3v) is 5.22. The number of Topliss-reactive ketones (excluding diaryl/α,β-unsaturated/α-hetero) is 1. The molecule has 0 saturated heterocycles. The van der Waals surface area contributed by atoms with Crippen LogP contribution >= 0.6 is 0 Å². The molecule has 0 unspecified atom stereocenters. The molecule has 7 nitrogen and oxygen atoms in total. The number of alkyl halides is 3. The molecule has 0 saturated carbocycles. The lowest BCUT2D eigenvalue weighted by Gasteiger charge is -2.09. The van der Waals surface area contributed by atoms with Crippen LogP contribution < -0.4 is 10.1 Å². The fraction of sp³-hybridized carbons (Fsp3) is 0.240. The van der Waals surface area contributed by atoms with E-state index in [0.29, 0.717) is 40.9 Å². The van der Waals surface area contributed by atoms with Crippen molar-refractivity contribution in [1.29, 1.82) is 0 Å². The first-order chi connectivity index (χ1) is 16.6. The zero-order valence-electron chi connectivity index (χ0n) is 19.4. The second-order valence-corrected chi connectivity index (χ2v) is 8.38. The molecule has 0 amide bonds. The summed E-state index contributed by atoms with van der Waals surface area (Å²) in [5.41, 5.74) is 1.86. The zero-order chi connectivity index (χ0) is 25.2. The lowest BCUT2D eigenvalue weighted by atomic mass is 10.2. The lowest BCUT2D eigenvalue weighted by Crippen LogP contribution is -2.23. The van der Waals surface area contributed by atoms with Gasteiger partial charge in [-0.05, 0) is 56.6 Å². The van der Waals surface area contributed by atoms with Crippen molar-refractivity contribution in [3.63, 3.8) is 0 Å². The Hall–Kier alpha value is -3.92. The summed E-state index contributed by atoms with van der Waals surface area (Å²) in [5, 5.41) is 3.05. The van der Waals surface area contributed by atoms with Gasteiger partial charge in [0.05, 0.1) is 35.3 Å². The number of anilines is 2. The van der Waals surface area contributed by atoms with Gasteiger partial charge in [0.1, 0.15) is 11.5 Å². The van der Waals surface area contributed by atoms with Crippen LogP contribution in [0.5, 0.6) is 11.5 Å². The lowest BCUT2D eigenvalue weighted by molar-refractivity contribution is -0.137. The fourth-order valence-electron chi connectivity index (χ4n) is 3.59. The van der Waals surface area contributed by atoms with E-state index >= 15 is 0 Å². The first-order valence-corrected chi connectivity index (χ1v) is 10.8. The largest absolute Gasteiger partial charge is 0.457 e. The fourth-order valence-corrected chi connectivity index (χ4v) is 3.59. The summed E-state index contributed by atoms with van der Waals surface area (Å²) in [6.45, 7) is 0.339. The van der Waals surface area contributed by atoms with Crippen molar-refractivity contribution in [1.82, 2.24) is 19.4 Å². The highest BCUT2D eigenvalue weighted by atomic mass is 19.4. The second kappa shape index (κ2) is 9.75. The van der Waals surface area contributed by atoms with Crippen molar-refractivity contribution in [2.75, 3.05) is 26.0 Å². The third kappa shape index (κ3) is 5.96. The van der Waals surface area contributed by atoms with Crippen LogP contribution in [0.3, 0.4) is 0 Å². The van der Waals surface area contributed by atoms with Crippen molar-refractivity contribution >= 4 is 28.5 Å². The summed E-state index contributed by atoms with van der Waals surface area (Å²) in [6, 6.07) is 13.6. The molecule has 0 fully saturated rings. The summed E-state index contributed by atoms with van der Waals surface area (Å²) in [4.78, 5) is 22.7. The Labute approximate surface area is 200 Å². The highest BCUT2D eigenvalue weighted by Crippen LogP contribution is 2.31. The molecular formula is C25H24F3N5O2. The van der Waals surface area contributed by atoms with Crippen molar-refractivity contribution in [3.05, 3.63) is 72.1 Å². The number of fused-ring (bicyclic) bond motifs is 1. The van der Waals surface area contributed by atoms with E-state index in [2.05, 4.69) is 15.3 Å². The molecule has 10 heteroatoms. The topological polar surface area (TPSA) is 72.3 Å². The van der Waals surface area contributed by atoms with Crippen LogP contribution in [0.2, 0.25) is 0 Å². The molecule has 0 aliphatic rings. The normalized spacial score (nSPS) is 11.7. The number of halogens is 3. The molecule has 0 spiro atoms. The number of ketones is 1. The molecule has 0 aliphatic heterocycles. The molecule has 1 N–H and O–H groups in total. The molecular weight excluding hydrogens is 459 g/mol. The minimum absolute atomic E-state index is 0.0580. The summed E-state index contributed by atoms with van der Waals surface area (Å²) < 4.78 is 46.2. The number of carbonyl (C=O) groups is 1. The molecule has 0 bridgehead atoms. The van der Waals surface area contributed by atoms with Crippen LogP contribution in [0.25, 0.3) is 11.0 Å². The SMILES string of the molecule is CN(C)CC(=O)Cc1cc(Oc2ccc3c(c2)nc(Nc2ccc(C(F)(F)F)cc2)n3C)ccn1. The third-order valence-electron chi connectivity index (χ3n) is 5.22. The average molecular weight is 483 g/mol. The molecule has 2 aromatic heterocycles. The van der Waals surface area contributed by atoms with Crippen molar-refractivity contribution in [2.45, 2.75) is 12.6 Å². The van der Waals surface area contributed by atoms with Crippen LogP contribution in [0.15, 0.2) is 60.8 Å². The Balaban J connectivity index is 1.50. The van der Waals surface area contributed by atoms with E-state index in [1.165, 1.54) is 12.1 Å². The highest BCUT2D eigenvalue weighted by Gasteiger charge is 2.30. The monoisotopic (exact) mass is 483 g/mol. The van der Waals surface area contributed by atoms with E-state index in [1.807, 2.05) is 32.1 Å². The van der Waals surface area contributed by atoms with Gasteiger partial charge in [0.2, 0.25) is 5.95 Å². The van der Waals surface area contributed by atoms with Crippen LogP contribution in [0.4, 0.5) is 24.8 Å². The van der Waals surface area contributed by atoms with E-state index in [-0.39, 0.29) is 12.2 Å². The number of hydrogen-bond donors (Lipinski definition) is 1. The van der Waals surface area contributed by atoms with Crippen LogP contribution in [0.1, 0.15) is 11.3 Å². The number of benzene rings is 2. The predicted molar refractivity (Wildman–Crippen MR) is 127 cm³/mol. The van der Waals surface area contributed by atoms with Crippen molar-refractivity contribution in [2.24, 2.45) is 7.05 Å². The van der Waals surface area contributed by atoms with Crippen molar-refractivity contribution in [3.8, 4) is 11.5 Å². The van der Waals surface area contributed by atoms with Gasteiger partial charge in [0.15, 0.2) is 5.78 Å². The number of nitrogens with zero attached hydrogens (tertiary/aromatic N) is 4. The number of carbonyl (C=O) groups excluding carboxylic acids is 1. The van der Waals surface area contributed by atoms with Gasteiger partial charge >= 0.3 is 6.18 Å². The molecule has 4 rings (SSSR count). The van der Waals surface area contributed by atoms with Gasteiger partial charge in [0, 0.05) is 31.1 Å². The Morgan fingerprint density at radius 2 is 1.77 bits per heavy atom. The average Bonchev–Trinajstić information content (AvgIpc) is 3.07. The van der Waals surface area contributed by atoms with E-state index in [4.69, 9.17) is 4.74 Å². The molecule has 2 aromatic carbocycles. The van der Waals surface area contributed by atoms with Gasteiger partial charge in [-0.25, -0.2) is 4.98 Å².